The van der Waals surface area contributed by atoms with Crippen molar-refractivity contribution in [1.82, 2.24) is 0 Å². The minimum Gasteiger partial charge on any atom is -0.496 e. The summed E-state index contributed by atoms with van der Waals surface area (Å²) < 4.78 is 24.6. The van der Waals surface area contributed by atoms with E-state index >= 15 is 0 Å². The molecule has 0 amide bonds. The molecule has 0 N–H and O–H groups in total. The lowest BCUT2D eigenvalue weighted by atomic mass is 9.72. The number of unbranched alkanes of at least 4 members (excludes halogenated alkanes) is 2. The molecule has 0 aromatic heterocycles. The van der Waals surface area contributed by atoms with Crippen molar-refractivity contribution >= 4 is 43.8 Å². The number of carbonyl (C=O) groups excluding carboxylic acids is 2. The molecule has 5 rings (SSSR count). The van der Waals surface area contributed by atoms with E-state index in [0.29, 0.717) is 11.1 Å². The zero-order valence-corrected chi connectivity index (χ0v) is 27.8. The Labute approximate surface area is 264 Å². The first kappa shape index (κ1) is 30.6. The zero-order valence-electron chi connectivity index (χ0n) is 24.6. The van der Waals surface area contributed by atoms with Crippen LogP contribution in [0.25, 0.3) is 22.3 Å². The summed E-state index contributed by atoms with van der Waals surface area (Å²) in [5.74, 6) is 0.470. The molecule has 0 spiro atoms. The van der Waals surface area contributed by atoms with Gasteiger partial charge in [0.2, 0.25) is 0 Å². The highest BCUT2D eigenvalue weighted by atomic mass is 79.9. The van der Waals surface area contributed by atoms with Gasteiger partial charge in [0.1, 0.15) is 11.5 Å². The van der Waals surface area contributed by atoms with Crippen LogP contribution >= 0.6 is 31.9 Å². The van der Waals surface area contributed by atoms with Crippen molar-refractivity contribution in [3.05, 3.63) is 66.6 Å². The molecule has 3 aromatic carbocycles. The molecule has 0 atom stereocenters. The maximum atomic E-state index is 14.1. The average Bonchev–Trinajstić information content (AvgIpc) is 3.00. The van der Waals surface area contributed by atoms with Crippen molar-refractivity contribution in [1.29, 1.82) is 0 Å². The van der Waals surface area contributed by atoms with Crippen LogP contribution in [-0.2, 0) is 35.2 Å². The minimum atomic E-state index is -0.496. The lowest BCUT2D eigenvalue weighted by Gasteiger charge is -2.33. The van der Waals surface area contributed by atoms with Crippen LogP contribution in [0.4, 0.5) is 0 Å². The van der Waals surface area contributed by atoms with Crippen molar-refractivity contribution in [3.63, 3.8) is 0 Å². The lowest BCUT2D eigenvalue weighted by molar-refractivity contribution is 0.0453. The van der Waals surface area contributed by atoms with Gasteiger partial charge in [-0.3, -0.25) is 0 Å². The molecule has 0 saturated heterocycles. The van der Waals surface area contributed by atoms with E-state index < -0.39 is 11.9 Å². The molecule has 0 heterocycles. The summed E-state index contributed by atoms with van der Waals surface area (Å²) in [7, 11) is 3.29. The molecule has 42 heavy (non-hydrogen) atoms. The number of ether oxygens (including phenoxy) is 4. The monoisotopic (exact) mass is 698 g/mol. The molecular weight excluding hydrogens is 664 g/mol. The summed E-state index contributed by atoms with van der Waals surface area (Å²) in [4.78, 5) is 28.3. The smallest absolute Gasteiger partial charge is 0.339 e. The third-order valence-corrected chi connectivity index (χ3v) is 9.97. The number of hydrogen-bond acceptors (Lipinski definition) is 6. The first-order chi connectivity index (χ1) is 20.4. The predicted octanol–water partition coefficient (Wildman–Crippen LogP) is 8.67. The molecule has 0 radical (unpaired) electrons. The summed E-state index contributed by atoms with van der Waals surface area (Å²) in [5.41, 5.74) is 8.27. The quantitative estimate of drug-likeness (QED) is 0.156. The van der Waals surface area contributed by atoms with Gasteiger partial charge in [-0.1, -0.05) is 38.8 Å². The Morgan fingerprint density at radius 1 is 0.643 bits per heavy atom. The number of rotatable bonds is 10. The average molecular weight is 700 g/mol. The standard InChI is InChI=1S/C34H36Br2O6/c1-5-7-17-41-33(37)29-27-19(9-11-23-21(27)13-15-25(39-3)31(23)35)20-10-12-24-22(14-16-26(40-4)32(24)36)28(20)30(29)34(38)42-18-8-6-2/h13-16H,5-12,17-18H2,1-4H3. The number of methoxy groups -OCH3 is 2. The normalized spacial score (nSPS) is 12.9. The molecule has 222 valence electrons. The van der Waals surface area contributed by atoms with Crippen LogP contribution in [0, 0.1) is 0 Å². The zero-order chi connectivity index (χ0) is 30.0. The number of esters is 2. The molecule has 0 bridgehead atoms. The number of benzene rings is 3. The second kappa shape index (κ2) is 13.2. The maximum absolute atomic E-state index is 14.1. The molecule has 0 unspecified atom stereocenters. The highest BCUT2D eigenvalue weighted by Gasteiger charge is 2.38. The second-order valence-corrected chi connectivity index (χ2v) is 12.2. The van der Waals surface area contributed by atoms with Gasteiger partial charge in [0.05, 0.1) is 47.5 Å². The summed E-state index contributed by atoms with van der Waals surface area (Å²) >= 11 is 7.50. The van der Waals surface area contributed by atoms with Crippen molar-refractivity contribution in [3.8, 4) is 33.8 Å². The van der Waals surface area contributed by atoms with Crippen LogP contribution < -0.4 is 9.47 Å². The first-order valence-electron chi connectivity index (χ1n) is 14.6. The molecule has 2 aliphatic carbocycles. The van der Waals surface area contributed by atoms with Gasteiger partial charge in [0.15, 0.2) is 0 Å². The summed E-state index contributed by atoms with van der Waals surface area (Å²) in [6.07, 6.45) is 6.26. The van der Waals surface area contributed by atoms with Gasteiger partial charge in [0, 0.05) is 11.1 Å². The number of carbonyl (C=O) groups is 2. The largest absolute Gasteiger partial charge is 0.496 e. The van der Waals surface area contributed by atoms with Crippen LogP contribution in [0.2, 0.25) is 0 Å². The highest BCUT2D eigenvalue weighted by molar-refractivity contribution is 9.11. The molecule has 6 nitrogen and oxygen atoms in total. The summed E-state index contributed by atoms with van der Waals surface area (Å²) in [5, 5.41) is 0. The Morgan fingerprint density at radius 3 is 1.38 bits per heavy atom. The van der Waals surface area contributed by atoms with Crippen LogP contribution in [0.1, 0.15) is 82.5 Å². The fourth-order valence-corrected chi connectivity index (χ4v) is 7.55. The Morgan fingerprint density at radius 2 is 1.02 bits per heavy atom. The van der Waals surface area contributed by atoms with E-state index in [2.05, 4.69) is 45.7 Å². The Bertz CT molecular complexity index is 1430. The molecule has 0 aliphatic heterocycles. The van der Waals surface area contributed by atoms with E-state index in [1.807, 2.05) is 24.3 Å². The van der Waals surface area contributed by atoms with Gasteiger partial charge in [0.25, 0.3) is 0 Å². The molecule has 2 aliphatic rings. The lowest BCUT2D eigenvalue weighted by Crippen LogP contribution is -2.24. The van der Waals surface area contributed by atoms with Crippen LogP contribution in [0.15, 0.2) is 33.2 Å². The second-order valence-electron chi connectivity index (χ2n) is 10.7. The fraction of sp³-hybridized carbons (Fsp3) is 0.412. The van der Waals surface area contributed by atoms with Crippen molar-refractivity contribution in [2.75, 3.05) is 27.4 Å². The van der Waals surface area contributed by atoms with E-state index in [1.165, 1.54) is 0 Å². The number of fused-ring (bicyclic) bond motifs is 7. The number of hydrogen-bond donors (Lipinski definition) is 0. The van der Waals surface area contributed by atoms with Crippen LogP contribution in [0.3, 0.4) is 0 Å². The molecule has 8 heteroatoms. The molecule has 0 saturated carbocycles. The minimum absolute atomic E-state index is 0.282. The van der Waals surface area contributed by atoms with E-state index in [-0.39, 0.29) is 13.2 Å². The highest BCUT2D eigenvalue weighted by Crippen LogP contribution is 2.51. The van der Waals surface area contributed by atoms with Crippen LogP contribution in [-0.4, -0.2) is 39.4 Å². The molecule has 0 fully saturated rings. The van der Waals surface area contributed by atoms with Gasteiger partial charge >= 0.3 is 11.9 Å². The van der Waals surface area contributed by atoms with Crippen molar-refractivity contribution in [2.45, 2.75) is 65.2 Å². The number of halogens is 2. The first-order valence-corrected chi connectivity index (χ1v) is 16.2. The Balaban J connectivity index is 1.87. The Hall–Kier alpha value is -2.84. The van der Waals surface area contributed by atoms with Gasteiger partial charge in [-0.2, -0.15) is 0 Å². The molecule has 3 aromatic rings. The van der Waals surface area contributed by atoms with Gasteiger partial charge in [-0.25, -0.2) is 9.59 Å². The van der Waals surface area contributed by atoms with E-state index in [4.69, 9.17) is 18.9 Å². The summed E-state index contributed by atoms with van der Waals surface area (Å²) in [6, 6.07) is 7.80. The molecular formula is C34H36Br2O6. The van der Waals surface area contributed by atoms with Gasteiger partial charge < -0.3 is 18.9 Å². The van der Waals surface area contributed by atoms with Gasteiger partial charge in [-0.15, -0.1) is 0 Å². The SMILES string of the molecule is CCCCOC(=O)c1c(C(=O)OCCCC)c2c(c3c1-c1ccc(OC)c(Br)c1CC3)CCc1c-2ccc(OC)c1Br. The van der Waals surface area contributed by atoms with E-state index in [9.17, 15) is 9.59 Å². The topological polar surface area (TPSA) is 71.1 Å². The maximum Gasteiger partial charge on any atom is 0.339 e. The van der Waals surface area contributed by atoms with Gasteiger partial charge in [-0.05, 0) is 116 Å². The third kappa shape index (κ3) is 5.37. The predicted molar refractivity (Wildman–Crippen MR) is 171 cm³/mol. The van der Waals surface area contributed by atoms with Crippen LogP contribution in [0.5, 0.6) is 11.5 Å². The Kier molecular flexibility index (Phi) is 9.63. The van der Waals surface area contributed by atoms with E-state index in [0.717, 1.165) is 116 Å². The summed E-state index contributed by atoms with van der Waals surface area (Å²) in [6.45, 7) is 4.67. The van der Waals surface area contributed by atoms with Crippen molar-refractivity contribution in [2.24, 2.45) is 0 Å². The fourth-order valence-electron chi connectivity index (χ4n) is 6.14. The van der Waals surface area contributed by atoms with E-state index in [1.54, 1.807) is 14.2 Å². The third-order valence-electron chi connectivity index (χ3n) is 8.23. The van der Waals surface area contributed by atoms with Crippen molar-refractivity contribution < 1.29 is 28.5 Å².